The SMILES string of the molecule is O=c1ccn([C@@H]2O[C@H](CO)[C@@H](O)[C@H]2OCOCc2ccc([N+](=O)[O-])cc2)c(=O)[nH]1. The zero-order valence-corrected chi connectivity index (χ0v) is 15.0. The van der Waals surface area contributed by atoms with Crippen LogP contribution in [0.4, 0.5) is 5.69 Å². The van der Waals surface area contributed by atoms with E-state index < -0.39 is 47.3 Å². The number of rotatable bonds is 8. The Labute approximate surface area is 163 Å². The van der Waals surface area contributed by atoms with Gasteiger partial charge in [0.25, 0.3) is 11.2 Å². The van der Waals surface area contributed by atoms with E-state index in [2.05, 4.69) is 4.98 Å². The molecule has 0 amide bonds. The number of H-pyrrole nitrogens is 1. The fourth-order valence-electron chi connectivity index (χ4n) is 2.90. The van der Waals surface area contributed by atoms with Gasteiger partial charge in [0.1, 0.15) is 25.1 Å². The molecule has 0 saturated carbocycles. The number of aliphatic hydroxyl groups is 2. The monoisotopic (exact) mass is 409 g/mol. The molecule has 2 aromatic rings. The van der Waals surface area contributed by atoms with Crippen LogP contribution in [0.15, 0.2) is 46.1 Å². The van der Waals surface area contributed by atoms with E-state index in [4.69, 9.17) is 14.2 Å². The van der Waals surface area contributed by atoms with Crippen molar-refractivity contribution in [3.05, 3.63) is 73.0 Å². The van der Waals surface area contributed by atoms with E-state index in [1.54, 1.807) is 0 Å². The molecule has 2 heterocycles. The summed E-state index contributed by atoms with van der Waals surface area (Å²) in [5.41, 5.74) is -0.717. The number of nitro benzene ring substituents is 1. The number of aromatic amines is 1. The summed E-state index contributed by atoms with van der Waals surface area (Å²) in [6, 6.07) is 6.88. The summed E-state index contributed by atoms with van der Waals surface area (Å²) in [5.74, 6) is 0. The highest BCUT2D eigenvalue weighted by Crippen LogP contribution is 2.30. The molecule has 0 bridgehead atoms. The maximum atomic E-state index is 12.0. The standard InChI is InChI=1S/C17H19N3O9/c21-7-12-14(23)15(16(29-12)19-6-5-13(22)18-17(19)24)28-9-27-8-10-1-3-11(4-2-10)20(25)26/h1-6,12,14-16,21,23H,7-9H2,(H,18,22,24)/t12-,14-,15-,16-/m1/s1. The van der Waals surface area contributed by atoms with Crippen molar-refractivity contribution < 1.29 is 29.3 Å². The van der Waals surface area contributed by atoms with Crippen LogP contribution < -0.4 is 11.2 Å². The van der Waals surface area contributed by atoms with Crippen molar-refractivity contribution in [1.29, 1.82) is 0 Å². The first-order valence-corrected chi connectivity index (χ1v) is 8.59. The average Bonchev–Trinajstić information content (AvgIpc) is 3.01. The second-order valence-electron chi connectivity index (χ2n) is 6.28. The van der Waals surface area contributed by atoms with Crippen molar-refractivity contribution in [2.75, 3.05) is 13.4 Å². The normalized spacial score (nSPS) is 23.9. The summed E-state index contributed by atoms with van der Waals surface area (Å²) in [5, 5.41) is 30.3. The van der Waals surface area contributed by atoms with Gasteiger partial charge in [0, 0.05) is 24.4 Å². The largest absolute Gasteiger partial charge is 0.394 e. The van der Waals surface area contributed by atoms with Gasteiger partial charge in [-0.15, -0.1) is 0 Å². The zero-order valence-electron chi connectivity index (χ0n) is 15.0. The predicted molar refractivity (Wildman–Crippen MR) is 96.0 cm³/mol. The summed E-state index contributed by atoms with van der Waals surface area (Å²) in [4.78, 5) is 35.5. The van der Waals surface area contributed by atoms with Crippen LogP contribution >= 0.6 is 0 Å². The molecule has 1 aromatic heterocycles. The molecule has 0 unspecified atom stereocenters. The first-order chi connectivity index (χ1) is 13.9. The highest BCUT2D eigenvalue weighted by Gasteiger charge is 2.45. The number of nitro groups is 1. The molecule has 1 aliphatic heterocycles. The van der Waals surface area contributed by atoms with Gasteiger partial charge in [-0.3, -0.25) is 24.5 Å². The van der Waals surface area contributed by atoms with Gasteiger partial charge >= 0.3 is 5.69 Å². The molecule has 156 valence electrons. The third-order valence-corrected chi connectivity index (χ3v) is 4.38. The van der Waals surface area contributed by atoms with Crippen LogP contribution in [-0.2, 0) is 20.8 Å². The molecular formula is C17H19N3O9. The summed E-state index contributed by atoms with van der Waals surface area (Å²) in [6.45, 7) is -0.692. The summed E-state index contributed by atoms with van der Waals surface area (Å²) in [7, 11) is 0. The molecule has 4 atom stereocenters. The Kier molecular flexibility index (Phi) is 6.51. The van der Waals surface area contributed by atoms with Crippen molar-refractivity contribution in [2.24, 2.45) is 0 Å². The minimum Gasteiger partial charge on any atom is -0.394 e. The Morgan fingerprint density at radius 2 is 1.97 bits per heavy atom. The second-order valence-corrected chi connectivity index (χ2v) is 6.28. The van der Waals surface area contributed by atoms with Crippen molar-refractivity contribution in [1.82, 2.24) is 9.55 Å². The van der Waals surface area contributed by atoms with Crippen molar-refractivity contribution in [3.8, 4) is 0 Å². The third kappa shape index (κ3) is 4.75. The van der Waals surface area contributed by atoms with E-state index in [1.807, 2.05) is 0 Å². The smallest absolute Gasteiger partial charge is 0.330 e. The number of non-ortho nitro benzene ring substituents is 1. The number of ether oxygens (including phenoxy) is 3. The van der Waals surface area contributed by atoms with Gasteiger partial charge in [0.15, 0.2) is 6.23 Å². The van der Waals surface area contributed by atoms with Crippen LogP contribution in [0.1, 0.15) is 11.8 Å². The third-order valence-electron chi connectivity index (χ3n) is 4.38. The average molecular weight is 409 g/mol. The lowest BCUT2D eigenvalue weighted by Crippen LogP contribution is -2.39. The van der Waals surface area contributed by atoms with Crippen LogP contribution in [-0.4, -0.2) is 56.4 Å². The number of aliphatic hydroxyl groups excluding tert-OH is 2. The van der Waals surface area contributed by atoms with Crippen molar-refractivity contribution >= 4 is 5.69 Å². The lowest BCUT2D eigenvalue weighted by atomic mass is 10.1. The minimum atomic E-state index is -1.24. The van der Waals surface area contributed by atoms with Gasteiger partial charge in [-0.25, -0.2) is 4.79 Å². The number of benzene rings is 1. The fourth-order valence-corrected chi connectivity index (χ4v) is 2.90. The molecule has 1 aromatic carbocycles. The fraction of sp³-hybridized carbons (Fsp3) is 0.412. The van der Waals surface area contributed by atoms with Crippen molar-refractivity contribution in [2.45, 2.75) is 31.1 Å². The summed E-state index contributed by atoms with van der Waals surface area (Å²) in [6.07, 6.45) is -3.17. The molecule has 0 radical (unpaired) electrons. The number of nitrogens with one attached hydrogen (secondary N) is 1. The van der Waals surface area contributed by atoms with Gasteiger partial charge in [0.2, 0.25) is 0 Å². The molecule has 1 aliphatic rings. The highest BCUT2D eigenvalue weighted by atomic mass is 16.7. The Morgan fingerprint density at radius 1 is 1.24 bits per heavy atom. The van der Waals surface area contributed by atoms with E-state index in [0.717, 1.165) is 10.6 Å². The van der Waals surface area contributed by atoms with E-state index >= 15 is 0 Å². The maximum Gasteiger partial charge on any atom is 0.330 e. The van der Waals surface area contributed by atoms with Gasteiger partial charge < -0.3 is 24.4 Å². The number of hydrogen-bond donors (Lipinski definition) is 3. The first kappa shape index (κ1) is 20.8. The second kappa shape index (κ2) is 9.07. The number of nitrogens with zero attached hydrogens (tertiary/aromatic N) is 2. The van der Waals surface area contributed by atoms with Crippen LogP contribution in [0.5, 0.6) is 0 Å². The topological polar surface area (TPSA) is 166 Å². The zero-order chi connectivity index (χ0) is 21.0. The summed E-state index contributed by atoms with van der Waals surface area (Å²) >= 11 is 0. The van der Waals surface area contributed by atoms with E-state index in [9.17, 15) is 29.9 Å². The molecule has 12 heteroatoms. The predicted octanol–water partition coefficient (Wildman–Crippen LogP) is -0.745. The number of hydrogen-bond acceptors (Lipinski definition) is 9. The van der Waals surface area contributed by atoms with Gasteiger partial charge in [0.05, 0.1) is 18.1 Å². The molecule has 1 saturated heterocycles. The first-order valence-electron chi connectivity index (χ1n) is 8.59. The molecule has 3 rings (SSSR count). The van der Waals surface area contributed by atoms with Gasteiger partial charge in [-0.2, -0.15) is 0 Å². The Balaban J connectivity index is 1.63. The molecule has 29 heavy (non-hydrogen) atoms. The minimum absolute atomic E-state index is 0.0412. The van der Waals surface area contributed by atoms with Crippen LogP contribution in [0.25, 0.3) is 0 Å². The van der Waals surface area contributed by atoms with E-state index in [0.29, 0.717) is 5.56 Å². The number of aromatic nitrogens is 2. The Morgan fingerprint density at radius 3 is 2.59 bits per heavy atom. The van der Waals surface area contributed by atoms with Crippen molar-refractivity contribution in [3.63, 3.8) is 0 Å². The maximum absolute atomic E-state index is 12.0. The Hall–Kier alpha value is -2.90. The van der Waals surface area contributed by atoms with Crippen LogP contribution in [0.2, 0.25) is 0 Å². The van der Waals surface area contributed by atoms with Crippen LogP contribution in [0, 0.1) is 10.1 Å². The molecule has 12 nitrogen and oxygen atoms in total. The molecule has 0 aliphatic carbocycles. The lowest BCUT2D eigenvalue weighted by Gasteiger charge is -2.22. The lowest BCUT2D eigenvalue weighted by molar-refractivity contribution is -0.384. The molecular weight excluding hydrogens is 390 g/mol. The van der Waals surface area contributed by atoms with E-state index in [1.165, 1.54) is 30.5 Å². The molecule has 1 fully saturated rings. The van der Waals surface area contributed by atoms with Gasteiger partial charge in [-0.05, 0) is 17.7 Å². The summed E-state index contributed by atoms with van der Waals surface area (Å²) < 4.78 is 17.4. The Bertz CT molecular complexity index is 956. The molecule has 3 N–H and O–H groups in total. The quantitative estimate of drug-likeness (QED) is 0.220. The molecule has 0 spiro atoms. The van der Waals surface area contributed by atoms with E-state index in [-0.39, 0.29) is 19.1 Å². The van der Waals surface area contributed by atoms with Crippen LogP contribution in [0.3, 0.4) is 0 Å². The highest BCUT2D eigenvalue weighted by molar-refractivity contribution is 5.32. The van der Waals surface area contributed by atoms with Gasteiger partial charge in [-0.1, -0.05) is 0 Å².